The molecule has 1 fully saturated rings. The average molecular weight is 697 g/mol. The summed E-state index contributed by atoms with van der Waals surface area (Å²) in [4.78, 5) is 35.9. The van der Waals surface area contributed by atoms with Crippen molar-refractivity contribution >= 4 is 34.0 Å². The van der Waals surface area contributed by atoms with E-state index >= 15 is 4.39 Å². The second kappa shape index (κ2) is 16.5. The maximum atomic E-state index is 15.8. The topological polar surface area (TPSA) is 123 Å². The lowest BCUT2D eigenvalue weighted by molar-refractivity contribution is -0.139. The van der Waals surface area contributed by atoms with E-state index < -0.39 is 58.6 Å². The van der Waals surface area contributed by atoms with Crippen molar-refractivity contribution in [3.05, 3.63) is 58.0 Å². The summed E-state index contributed by atoms with van der Waals surface area (Å²) in [7, 11) is 2.80. The Morgan fingerprint density at radius 2 is 1.79 bits per heavy atom. The van der Waals surface area contributed by atoms with Gasteiger partial charge in [-0.15, -0.1) is 11.3 Å². The summed E-state index contributed by atoms with van der Waals surface area (Å²) in [6.07, 6.45) is -0.434. The van der Waals surface area contributed by atoms with E-state index in [-0.39, 0.29) is 30.9 Å². The fourth-order valence-corrected chi connectivity index (χ4v) is 6.54. The molecular formula is C33H40F4N4O6S. The van der Waals surface area contributed by atoms with E-state index in [0.717, 1.165) is 31.0 Å². The highest BCUT2D eigenvalue weighted by Crippen LogP contribution is 2.40. The molecule has 0 aliphatic heterocycles. The molecule has 10 nitrogen and oxygen atoms in total. The molecule has 3 aromatic rings. The maximum absolute atomic E-state index is 15.8. The molecule has 2 N–H and O–H groups in total. The largest absolute Gasteiger partial charge is 0.478 e. The van der Waals surface area contributed by atoms with Crippen LogP contribution in [0, 0.1) is 17.7 Å². The summed E-state index contributed by atoms with van der Waals surface area (Å²) >= 11 is 1.39. The molecule has 48 heavy (non-hydrogen) atoms. The Labute approximate surface area is 280 Å². The van der Waals surface area contributed by atoms with Gasteiger partial charge in [0.1, 0.15) is 5.56 Å². The third kappa shape index (κ3) is 9.20. The number of carbonyl (C=O) groups excluding carboxylic acids is 1. The number of aryl methyl sites for hydroxylation is 2. The maximum Gasteiger partial charge on any atom is 0.421 e. The molecule has 0 atom stereocenters. The number of carbonyl (C=O) groups is 2. The number of hydrogen-bond acceptors (Lipinski definition) is 9. The number of aromatic carboxylic acids is 1. The van der Waals surface area contributed by atoms with Gasteiger partial charge >= 0.3 is 12.1 Å². The van der Waals surface area contributed by atoms with Gasteiger partial charge < -0.3 is 29.5 Å². The van der Waals surface area contributed by atoms with Crippen LogP contribution in [0.3, 0.4) is 0 Å². The second-order valence-corrected chi connectivity index (χ2v) is 12.7. The molecule has 0 radical (unpaired) electrons. The van der Waals surface area contributed by atoms with Crippen molar-refractivity contribution in [3.8, 4) is 11.6 Å². The monoisotopic (exact) mass is 696 g/mol. The predicted molar refractivity (Wildman–Crippen MR) is 173 cm³/mol. The fourth-order valence-electron chi connectivity index (χ4n) is 5.72. The third-order valence-corrected chi connectivity index (χ3v) is 9.04. The molecule has 0 saturated heterocycles. The standard InChI is InChI=1S/C33H40F4N4O6S/c1-5-38-32-40-22(18-48-32)11-8-20-12-25(33(35,36)37)29(39-15-20)47-28-13-24(31(43)44)27(14-26(28)34)41(23(16-45-3)17-46-4)30(42)21-9-6-19(2)7-10-21/h12-15,18-19,21,23H,5-11,16-17H2,1-4H3,(H,38,40)(H,43,44). The number of carboxylic acid groups (broad SMARTS) is 1. The number of nitrogens with one attached hydrogen (secondary N) is 1. The van der Waals surface area contributed by atoms with Gasteiger partial charge in [-0.25, -0.2) is 19.2 Å². The Kier molecular flexibility index (Phi) is 12.7. The zero-order valence-corrected chi connectivity index (χ0v) is 28.0. The number of carboxylic acids is 1. The van der Waals surface area contributed by atoms with Gasteiger partial charge in [0.25, 0.3) is 0 Å². The number of amides is 1. The van der Waals surface area contributed by atoms with Gasteiger partial charge in [-0.1, -0.05) is 6.92 Å². The Bertz CT molecular complexity index is 1560. The van der Waals surface area contributed by atoms with E-state index in [9.17, 15) is 27.9 Å². The molecule has 262 valence electrons. The molecule has 4 rings (SSSR count). The van der Waals surface area contributed by atoms with Gasteiger partial charge in [-0.3, -0.25) is 4.79 Å². The third-order valence-electron chi connectivity index (χ3n) is 8.20. The zero-order valence-electron chi connectivity index (χ0n) is 27.2. The molecular weight excluding hydrogens is 656 g/mol. The molecule has 0 unspecified atom stereocenters. The van der Waals surface area contributed by atoms with E-state index in [1.54, 1.807) is 0 Å². The van der Waals surface area contributed by atoms with Crippen LogP contribution in [0.2, 0.25) is 0 Å². The first-order chi connectivity index (χ1) is 22.9. The number of benzene rings is 1. The van der Waals surface area contributed by atoms with Crippen LogP contribution in [-0.2, 0) is 33.3 Å². The fraction of sp³-hybridized carbons (Fsp3) is 0.515. The first-order valence-electron chi connectivity index (χ1n) is 15.7. The number of methoxy groups -OCH3 is 2. The van der Waals surface area contributed by atoms with Crippen LogP contribution < -0.4 is 15.0 Å². The molecule has 0 spiro atoms. The second-order valence-electron chi connectivity index (χ2n) is 11.8. The van der Waals surface area contributed by atoms with Crippen LogP contribution in [-0.4, -0.2) is 67.0 Å². The van der Waals surface area contributed by atoms with Crippen molar-refractivity contribution in [2.24, 2.45) is 11.8 Å². The van der Waals surface area contributed by atoms with Crippen molar-refractivity contribution in [1.29, 1.82) is 0 Å². The Balaban J connectivity index is 1.68. The number of thiazole rings is 1. The first kappa shape index (κ1) is 37.0. The summed E-state index contributed by atoms with van der Waals surface area (Å²) in [6, 6.07) is 1.61. The van der Waals surface area contributed by atoms with Crippen LogP contribution in [0.25, 0.3) is 0 Å². The van der Waals surface area contributed by atoms with Crippen LogP contribution in [0.15, 0.2) is 29.8 Å². The molecule has 1 amide bonds. The lowest BCUT2D eigenvalue weighted by Gasteiger charge is -2.36. The van der Waals surface area contributed by atoms with E-state index in [2.05, 4.69) is 22.2 Å². The zero-order chi connectivity index (χ0) is 35.0. The normalized spacial score (nSPS) is 16.6. The molecule has 2 aromatic heterocycles. The molecule has 1 aliphatic carbocycles. The summed E-state index contributed by atoms with van der Waals surface area (Å²) < 4.78 is 74.3. The molecule has 15 heteroatoms. The van der Waals surface area contributed by atoms with E-state index in [0.29, 0.717) is 42.6 Å². The smallest absolute Gasteiger partial charge is 0.421 e. The summed E-state index contributed by atoms with van der Waals surface area (Å²) in [6.45, 7) is 4.60. The predicted octanol–water partition coefficient (Wildman–Crippen LogP) is 7.22. The van der Waals surface area contributed by atoms with Crippen molar-refractivity contribution in [2.75, 3.05) is 44.2 Å². The number of hydrogen-bond donors (Lipinski definition) is 2. The average Bonchev–Trinajstić information content (AvgIpc) is 3.49. The van der Waals surface area contributed by atoms with Crippen molar-refractivity contribution < 1.29 is 46.5 Å². The highest BCUT2D eigenvalue weighted by molar-refractivity contribution is 7.13. The molecule has 2 heterocycles. The van der Waals surface area contributed by atoms with Gasteiger partial charge in [0.15, 0.2) is 16.7 Å². The Hall–Kier alpha value is -3.82. The SMILES string of the molecule is CCNc1nc(CCc2cnc(Oc3cc(C(=O)O)c(N(C(=O)C4CCC(C)CC4)C(COC)COC)cc3F)c(C(F)(F)F)c2)cs1. The number of rotatable bonds is 15. The minimum atomic E-state index is -4.92. The van der Waals surface area contributed by atoms with E-state index in [1.807, 2.05) is 12.3 Å². The van der Waals surface area contributed by atoms with Crippen LogP contribution in [0.4, 0.5) is 28.4 Å². The number of ether oxygens (including phenoxy) is 3. The number of pyridine rings is 1. The first-order valence-corrected chi connectivity index (χ1v) is 16.5. The minimum Gasteiger partial charge on any atom is -0.478 e. The van der Waals surface area contributed by atoms with E-state index in [4.69, 9.17) is 14.2 Å². The number of alkyl halides is 3. The number of aromatic nitrogens is 2. The number of nitrogens with zero attached hydrogens (tertiary/aromatic N) is 3. The van der Waals surface area contributed by atoms with Gasteiger partial charge in [-0.2, -0.15) is 13.2 Å². The summed E-state index contributed by atoms with van der Waals surface area (Å²) in [5.74, 6) is -4.90. The highest BCUT2D eigenvalue weighted by atomic mass is 32.1. The van der Waals surface area contributed by atoms with E-state index in [1.165, 1.54) is 36.7 Å². The van der Waals surface area contributed by atoms with Crippen LogP contribution in [0.1, 0.15) is 66.7 Å². The Morgan fingerprint density at radius 3 is 2.40 bits per heavy atom. The van der Waals surface area contributed by atoms with Crippen molar-refractivity contribution in [1.82, 2.24) is 9.97 Å². The molecule has 1 aromatic carbocycles. The quantitative estimate of drug-likeness (QED) is 0.159. The van der Waals surface area contributed by atoms with Crippen LogP contribution >= 0.6 is 11.3 Å². The molecule has 1 saturated carbocycles. The van der Waals surface area contributed by atoms with Gasteiger partial charge in [-0.05, 0) is 63.0 Å². The Morgan fingerprint density at radius 1 is 1.10 bits per heavy atom. The number of halogens is 4. The highest BCUT2D eigenvalue weighted by Gasteiger charge is 2.38. The molecule has 0 bridgehead atoms. The summed E-state index contributed by atoms with van der Waals surface area (Å²) in [5, 5.41) is 15.8. The van der Waals surface area contributed by atoms with Gasteiger partial charge in [0, 0.05) is 50.4 Å². The van der Waals surface area contributed by atoms with Crippen molar-refractivity contribution in [2.45, 2.75) is 64.6 Å². The molecule has 1 aliphatic rings. The lowest BCUT2D eigenvalue weighted by atomic mass is 9.82. The van der Waals surface area contributed by atoms with Gasteiger partial charge in [0.2, 0.25) is 11.8 Å². The minimum absolute atomic E-state index is 0.0495. The lowest BCUT2D eigenvalue weighted by Crippen LogP contribution is -2.49. The van der Waals surface area contributed by atoms with Gasteiger partial charge in [0.05, 0.1) is 36.2 Å². The number of anilines is 2. The van der Waals surface area contributed by atoms with Crippen molar-refractivity contribution in [3.63, 3.8) is 0 Å². The van der Waals surface area contributed by atoms with Crippen LogP contribution in [0.5, 0.6) is 11.6 Å². The summed E-state index contributed by atoms with van der Waals surface area (Å²) in [5.41, 5.74) is -1.13.